The van der Waals surface area contributed by atoms with Gasteiger partial charge in [-0.05, 0) is 37.4 Å². The molecule has 1 unspecified atom stereocenters. The first-order chi connectivity index (χ1) is 8.31. The molecule has 1 aliphatic rings. The van der Waals surface area contributed by atoms with E-state index in [9.17, 15) is 0 Å². The molecule has 1 fully saturated rings. The minimum Gasteiger partial charge on any atom is -0.396 e. The fourth-order valence-corrected chi connectivity index (χ4v) is 2.35. The van der Waals surface area contributed by atoms with Crippen molar-refractivity contribution >= 4 is 5.82 Å². The second-order valence-corrected chi connectivity index (χ2v) is 4.56. The van der Waals surface area contributed by atoms with Crippen LogP contribution < -0.4 is 11.3 Å². The summed E-state index contributed by atoms with van der Waals surface area (Å²) in [6.45, 7) is 3.30. The highest BCUT2D eigenvalue weighted by Gasteiger charge is 2.22. The number of aromatic nitrogens is 1. The van der Waals surface area contributed by atoms with Gasteiger partial charge >= 0.3 is 0 Å². The molecule has 2 rings (SSSR count). The van der Waals surface area contributed by atoms with Crippen LogP contribution in [0.2, 0.25) is 0 Å². The Morgan fingerprint density at radius 1 is 1.53 bits per heavy atom. The average Bonchev–Trinajstić information content (AvgIpc) is 2.77. The van der Waals surface area contributed by atoms with Crippen molar-refractivity contribution < 1.29 is 5.11 Å². The molecule has 0 amide bonds. The first-order valence-corrected chi connectivity index (χ1v) is 6.07. The molecule has 0 aliphatic carbocycles. The van der Waals surface area contributed by atoms with E-state index in [1.807, 2.05) is 18.2 Å². The SMILES string of the molecule is NNc1cccc(CN2CCC(CCO)C2)n1. The standard InChI is InChI=1S/C12H20N4O/c13-15-12-3-1-2-11(14-12)9-16-6-4-10(8-16)5-7-17/h1-3,10,17H,4-9,13H2,(H,14,15). The van der Waals surface area contributed by atoms with Crippen LogP contribution in [0.15, 0.2) is 18.2 Å². The molecule has 1 saturated heterocycles. The first-order valence-electron chi connectivity index (χ1n) is 6.07. The van der Waals surface area contributed by atoms with E-state index in [4.69, 9.17) is 10.9 Å². The van der Waals surface area contributed by atoms with E-state index >= 15 is 0 Å². The van der Waals surface area contributed by atoms with E-state index < -0.39 is 0 Å². The quantitative estimate of drug-likeness (QED) is 0.515. The van der Waals surface area contributed by atoms with Crippen LogP contribution in [0.25, 0.3) is 0 Å². The number of hydrazine groups is 1. The van der Waals surface area contributed by atoms with Gasteiger partial charge in [0, 0.05) is 19.7 Å². The van der Waals surface area contributed by atoms with E-state index in [1.165, 1.54) is 6.42 Å². The van der Waals surface area contributed by atoms with Gasteiger partial charge in [-0.2, -0.15) is 0 Å². The van der Waals surface area contributed by atoms with Gasteiger partial charge in [-0.25, -0.2) is 10.8 Å². The number of nitrogens with zero attached hydrogens (tertiary/aromatic N) is 2. The molecule has 17 heavy (non-hydrogen) atoms. The van der Waals surface area contributed by atoms with E-state index in [0.29, 0.717) is 18.3 Å². The summed E-state index contributed by atoms with van der Waals surface area (Å²) >= 11 is 0. The van der Waals surface area contributed by atoms with Crippen molar-refractivity contribution in [2.75, 3.05) is 25.1 Å². The zero-order valence-corrected chi connectivity index (χ0v) is 9.97. The minimum atomic E-state index is 0.295. The lowest BCUT2D eigenvalue weighted by Crippen LogP contribution is -2.21. The van der Waals surface area contributed by atoms with Crippen LogP contribution >= 0.6 is 0 Å². The van der Waals surface area contributed by atoms with Gasteiger partial charge in [-0.1, -0.05) is 6.07 Å². The number of rotatable bonds is 5. The largest absolute Gasteiger partial charge is 0.396 e. The molecule has 1 atom stereocenters. The number of nitrogens with two attached hydrogens (primary N) is 1. The third kappa shape index (κ3) is 3.39. The van der Waals surface area contributed by atoms with Crippen LogP contribution in [0.4, 0.5) is 5.82 Å². The van der Waals surface area contributed by atoms with Gasteiger partial charge in [-0.3, -0.25) is 4.90 Å². The number of hydrogen-bond donors (Lipinski definition) is 3. The third-order valence-corrected chi connectivity index (χ3v) is 3.25. The summed E-state index contributed by atoms with van der Waals surface area (Å²) < 4.78 is 0. The number of likely N-dealkylation sites (tertiary alicyclic amines) is 1. The number of nitrogens with one attached hydrogen (secondary N) is 1. The number of anilines is 1. The fraction of sp³-hybridized carbons (Fsp3) is 0.583. The molecule has 0 aromatic carbocycles. The van der Waals surface area contributed by atoms with Crippen LogP contribution in [-0.2, 0) is 6.54 Å². The summed E-state index contributed by atoms with van der Waals surface area (Å²) in [7, 11) is 0. The number of nitrogen functional groups attached to an aromatic ring is 1. The van der Waals surface area contributed by atoms with Gasteiger partial charge in [0.1, 0.15) is 5.82 Å². The molecule has 4 N–H and O–H groups in total. The lowest BCUT2D eigenvalue weighted by atomic mass is 10.1. The summed E-state index contributed by atoms with van der Waals surface area (Å²) in [6, 6.07) is 5.82. The van der Waals surface area contributed by atoms with Crippen LogP contribution in [0, 0.1) is 5.92 Å². The molecule has 5 heteroatoms. The molecule has 1 aromatic rings. The Morgan fingerprint density at radius 3 is 3.18 bits per heavy atom. The maximum atomic E-state index is 8.92. The van der Waals surface area contributed by atoms with E-state index in [2.05, 4.69) is 15.3 Å². The molecule has 0 spiro atoms. The minimum absolute atomic E-state index is 0.295. The van der Waals surface area contributed by atoms with E-state index in [-0.39, 0.29) is 0 Å². The highest BCUT2D eigenvalue weighted by molar-refractivity contribution is 5.33. The van der Waals surface area contributed by atoms with Crippen LogP contribution in [0.3, 0.4) is 0 Å². The molecule has 1 aliphatic heterocycles. The Hall–Kier alpha value is -1.17. The van der Waals surface area contributed by atoms with Crippen molar-refractivity contribution in [3.05, 3.63) is 23.9 Å². The lowest BCUT2D eigenvalue weighted by molar-refractivity contribution is 0.249. The molecule has 0 saturated carbocycles. The number of pyridine rings is 1. The monoisotopic (exact) mass is 236 g/mol. The Kier molecular flexibility index (Phi) is 4.30. The van der Waals surface area contributed by atoms with E-state index in [1.54, 1.807) is 0 Å². The Morgan fingerprint density at radius 2 is 2.41 bits per heavy atom. The maximum absolute atomic E-state index is 8.92. The average molecular weight is 236 g/mol. The Labute approximate surface area is 102 Å². The van der Waals surface area contributed by atoms with E-state index in [0.717, 1.165) is 31.7 Å². The summed E-state index contributed by atoms with van der Waals surface area (Å²) in [6.07, 6.45) is 2.09. The molecule has 94 valence electrons. The lowest BCUT2D eigenvalue weighted by Gasteiger charge is -2.15. The van der Waals surface area contributed by atoms with Crippen molar-refractivity contribution in [2.45, 2.75) is 19.4 Å². The van der Waals surface area contributed by atoms with Crippen molar-refractivity contribution in [1.29, 1.82) is 0 Å². The molecular formula is C12H20N4O. The van der Waals surface area contributed by atoms with Crippen molar-refractivity contribution in [1.82, 2.24) is 9.88 Å². The summed E-state index contributed by atoms with van der Waals surface area (Å²) in [5.74, 6) is 6.67. The third-order valence-electron chi connectivity index (χ3n) is 3.25. The second-order valence-electron chi connectivity index (χ2n) is 4.56. The highest BCUT2D eigenvalue weighted by atomic mass is 16.3. The number of hydrogen-bond acceptors (Lipinski definition) is 5. The topological polar surface area (TPSA) is 74.4 Å². The molecule has 1 aromatic heterocycles. The van der Waals surface area contributed by atoms with Gasteiger partial charge in [-0.15, -0.1) is 0 Å². The van der Waals surface area contributed by atoms with Gasteiger partial charge < -0.3 is 10.5 Å². The summed E-state index contributed by atoms with van der Waals surface area (Å²) in [5, 5.41) is 8.92. The van der Waals surface area contributed by atoms with Gasteiger partial charge in [0.25, 0.3) is 0 Å². The molecular weight excluding hydrogens is 216 g/mol. The predicted molar refractivity (Wildman–Crippen MR) is 67.1 cm³/mol. The molecule has 2 heterocycles. The summed E-state index contributed by atoms with van der Waals surface area (Å²) in [5.41, 5.74) is 3.59. The predicted octanol–water partition coefficient (Wildman–Crippen LogP) is 0.571. The molecule has 0 bridgehead atoms. The fourth-order valence-electron chi connectivity index (χ4n) is 2.35. The maximum Gasteiger partial charge on any atom is 0.140 e. The zero-order chi connectivity index (χ0) is 12.1. The van der Waals surface area contributed by atoms with Crippen LogP contribution in [-0.4, -0.2) is 34.7 Å². The second kappa shape index (κ2) is 5.95. The van der Waals surface area contributed by atoms with Gasteiger partial charge in [0.05, 0.1) is 5.69 Å². The first kappa shape index (κ1) is 12.3. The van der Waals surface area contributed by atoms with Crippen LogP contribution in [0.1, 0.15) is 18.5 Å². The normalized spacial score (nSPS) is 20.7. The number of aliphatic hydroxyl groups excluding tert-OH is 1. The molecule has 0 radical (unpaired) electrons. The molecule has 5 nitrogen and oxygen atoms in total. The Bertz CT molecular complexity index is 358. The van der Waals surface area contributed by atoms with Gasteiger partial charge in [0.15, 0.2) is 0 Å². The van der Waals surface area contributed by atoms with Crippen molar-refractivity contribution in [2.24, 2.45) is 11.8 Å². The smallest absolute Gasteiger partial charge is 0.140 e. The van der Waals surface area contributed by atoms with Crippen molar-refractivity contribution in [3.8, 4) is 0 Å². The zero-order valence-electron chi connectivity index (χ0n) is 9.97. The van der Waals surface area contributed by atoms with Crippen LogP contribution in [0.5, 0.6) is 0 Å². The summed E-state index contributed by atoms with van der Waals surface area (Å²) in [4.78, 5) is 6.78. The highest BCUT2D eigenvalue weighted by Crippen LogP contribution is 2.20. The van der Waals surface area contributed by atoms with Crippen molar-refractivity contribution in [3.63, 3.8) is 0 Å². The Balaban J connectivity index is 1.88. The van der Waals surface area contributed by atoms with Gasteiger partial charge in [0.2, 0.25) is 0 Å². The number of aliphatic hydroxyl groups is 1.